The van der Waals surface area contributed by atoms with Crippen molar-refractivity contribution >= 4 is 11.8 Å². The summed E-state index contributed by atoms with van der Waals surface area (Å²) in [5, 5.41) is 3.08. The highest BCUT2D eigenvalue weighted by molar-refractivity contribution is 5.88. The molecule has 2 amide bonds. The van der Waals surface area contributed by atoms with Gasteiger partial charge in [-0.25, -0.2) is 0 Å². The van der Waals surface area contributed by atoms with E-state index in [2.05, 4.69) is 5.32 Å². The fourth-order valence-electron chi connectivity index (χ4n) is 3.64. The molecule has 1 N–H and O–H groups in total. The Hall–Kier alpha value is -3.60. The Bertz CT molecular complexity index is 1040. The highest BCUT2D eigenvalue weighted by atomic mass is 16.5. The number of nitrogens with one attached hydrogen (secondary N) is 1. The predicted octanol–water partition coefficient (Wildman–Crippen LogP) is 4.93. The van der Waals surface area contributed by atoms with Crippen LogP contribution in [0.4, 0.5) is 0 Å². The highest BCUT2D eigenvalue weighted by Gasteiger charge is 2.31. The number of hydrogen-bond donors (Lipinski definition) is 1. The van der Waals surface area contributed by atoms with Crippen molar-refractivity contribution in [2.45, 2.75) is 52.2 Å². The third kappa shape index (κ3) is 7.48. The Morgan fingerprint density at radius 2 is 1.47 bits per heavy atom. The molecule has 0 fully saturated rings. The zero-order valence-electron chi connectivity index (χ0n) is 20.2. The summed E-state index contributed by atoms with van der Waals surface area (Å²) in [6.07, 6.45) is 1.24. The molecule has 2 atom stereocenters. The van der Waals surface area contributed by atoms with Gasteiger partial charge in [0.1, 0.15) is 11.8 Å². The van der Waals surface area contributed by atoms with Gasteiger partial charge < -0.3 is 15.0 Å². The van der Waals surface area contributed by atoms with E-state index in [9.17, 15) is 9.59 Å². The smallest absolute Gasteiger partial charge is 0.261 e. The molecule has 0 aliphatic heterocycles. The molecule has 0 heterocycles. The monoisotopic (exact) mass is 458 g/mol. The van der Waals surface area contributed by atoms with Crippen molar-refractivity contribution in [1.82, 2.24) is 10.2 Å². The topological polar surface area (TPSA) is 58.6 Å². The van der Waals surface area contributed by atoms with Gasteiger partial charge in [0.15, 0.2) is 6.61 Å². The summed E-state index contributed by atoms with van der Waals surface area (Å²) < 4.78 is 5.80. The number of rotatable bonds is 11. The number of benzene rings is 3. The van der Waals surface area contributed by atoms with Crippen molar-refractivity contribution in [3.8, 4) is 5.75 Å². The lowest BCUT2D eigenvalue weighted by Gasteiger charge is -2.32. The minimum Gasteiger partial charge on any atom is -0.484 e. The maximum Gasteiger partial charge on any atom is 0.261 e. The number of amides is 2. The first-order valence-corrected chi connectivity index (χ1v) is 11.8. The lowest BCUT2D eigenvalue weighted by Crippen LogP contribution is -2.53. The van der Waals surface area contributed by atoms with Gasteiger partial charge >= 0.3 is 0 Å². The summed E-state index contributed by atoms with van der Waals surface area (Å²) in [4.78, 5) is 28.6. The molecule has 34 heavy (non-hydrogen) atoms. The van der Waals surface area contributed by atoms with Crippen LogP contribution >= 0.6 is 0 Å². The van der Waals surface area contributed by atoms with E-state index in [0.717, 1.165) is 23.1 Å². The number of nitrogens with zero attached hydrogens (tertiary/aromatic N) is 1. The van der Waals surface area contributed by atoms with Crippen molar-refractivity contribution in [2.75, 3.05) is 6.61 Å². The fourth-order valence-corrected chi connectivity index (χ4v) is 3.64. The summed E-state index contributed by atoms with van der Waals surface area (Å²) in [7, 11) is 0. The van der Waals surface area contributed by atoms with Gasteiger partial charge in [-0.05, 0) is 43.5 Å². The van der Waals surface area contributed by atoms with Crippen LogP contribution in [0, 0.1) is 6.92 Å². The van der Waals surface area contributed by atoms with Crippen LogP contribution in [0.15, 0.2) is 84.9 Å². The van der Waals surface area contributed by atoms with E-state index in [1.54, 1.807) is 4.90 Å². The highest BCUT2D eigenvalue weighted by Crippen LogP contribution is 2.17. The summed E-state index contributed by atoms with van der Waals surface area (Å²) >= 11 is 0. The lowest BCUT2D eigenvalue weighted by molar-refractivity contribution is -0.143. The van der Waals surface area contributed by atoms with Gasteiger partial charge in [0.05, 0.1) is 0 Å². The van der Waals surface area contributed by atoms with E-state index in [1.165, 1.54) is 0 Å². The van der Waals surface area contributed by atoms with E-state index in [4.69, 9.17) is 4.74 Å². The SMILES string of the molecule is CC[C@@H](C)NC(=O)[C@@H](Cc1ccccc1)N(Cc1ccccc1)C(=O)COc1ccc(C)cc1. The molecule has 5 heteroatoms. The zero-order chi connectivity index (χ0) is 24.3. The van der Waals surface area contributed by atoms with Crippen molar-refractivity contribution in [1.29, 1.82) is 0 Å². The molecule has 0 spiro atoms. The van der Waals surface area contributed by atoms with Crippen LogP contribution in [0.5, 0.6) is 5.75 Å². The second-order valence-corrected chi connectivity index (χ2v) is 8.63. The van der Waals surface area contributed by atoms with Crippen LogP contribution < -0.4 is 10.1 Å². The molecule has 0 unspecified atom stereocenters. The number of carbonyl (C=O) groups is 2. The Labute approximate surface area is 202 Å². The summed E-state index contributed by atoms with van der Waals surface area (Å²) in [6, 6.07) is 26.5. The third-order valence-corrected chi connectivity index (χ3v) is 5.85. The molecule has 0 saturated carbocycles. The lowest BCUT2D eigenvalue weighted by atomic mass is 10.0. The summed E-state index contributed by atoms with van der Waals surface area (Å²) in [5.74, 6) is 0.241. The first kappa shape index (κ1) is 25.0. The first-order chi connectivity index (χ1) is 16.5. The molecule has 0 aliphatic rings. The second-order valence-electron chi connectivity index (χ2n) is 8.63. The minimum atomic E-state index is -0.661. The van der Waals surface area contributed by atoms with Crippen LogP contribution in [0.3, 0.4) is 0 Å². The van der Waals surface area contributed by atoms with Gasteiger partial charge in [0.2, 0.25) is 5.91 Å². The van der Waals surface area contributed by atoms with E-state index >= 15 is 0 Å². The van der Waals surface area contributed by atoms with Crippen molar-refractivity contribution in [2.24, 2.45) is 0 Å². The van der Waals surface area contributed by atoms with E-state index < -0.39 is 6.04 Å². The Morgan fingerprint density at radius 1 is 0.882 bits per heavy atom. The number of aryl methyl sites for hydroxylation is 1. The molecule has 3 aromatic carbocycles. The Balaban J connectivity index is 1.88. The van der Waals surface area contributed by atoms with Crippen molar-refractivity contribution in [3.05, 3.63) is 102 Å². The molecular formula is C29H34N2O3. The summed E-state index contributed by atoms with van der Waals surface area (Å²) in [5.41, 5.74) is 3.08. The molecule has 0 radical (unpaired) electrons. The van der Waals surface area contributed by atoms with E-state index in [1.807, 2.05) is 106 Å². The van der Waals surface area contributed by atoms with Gasteiger partial charge in [0, 0.05) is 19.0 Å². The summed E-state index contributed by atoms with van der Waals surface area (Å²) in [6.45, 7) is 6.18. The number of ether oxygens (including phenoxy) is 1. The molecule has 0 saturated heterocycles. The van der Waals surface area contributed by atoms with Crippen LogP contribution in [-0.4, -0.2) is 35.4 Å². The molecule has 5 nitrogen and oxygen atoms in total. The number of carbonyl (C=O) groups excluding carboxylic acids is 2. The quantitative estimate of drug-likeness (QED) is 0.443. The Kier molecular flexibility index (Phi) is 9.27. The van der Waals surface area contributed by atoms with Crippen LogP contribution in [0.25, 0.3) is 0 Å². The van der Waals surface area contributed by atoms with Gasteiger partial charge in [-0.2, -0.15) is 0 Å². The van der Waals surface area contributed by atoms with Crippen molar-refractivity contribution in [3.63, 3.8) is 0 Å². The van der Waals surface area contributed by atoms with E-state index in [-0.39, 0.29) is 24.5 Å². The van der Waals surface area contributed by atoms with Gasteiger partial charge in [-0.1, -0.05) is 85.3 Å². The van der Waals surface area contributed by atoms with Crippen LogP contribution in [0.1, 0.15) is 37.0 Å². The average molecular weight is 459 g/mol. The molecular weight excluding hydrogens is 424 g/mol. The molecule has 178 valence electrons. The van der Waals surface area contributed by atoms with Gasteiger partial charge in [0.25, 0.3) is 5.91 Å². The molecule has 3 aromatic rings. The van der Waals surface area contributed by atoms with Crippen molar-refractivity contribution < 1.29 is 14.3 Å². The second kappa shape index (κ2) is 12.6. The Morgan fingerprint density at radius 3 is 2.06 bits per heavy atom. The minimum absolute atomic E-state index is 0.0169. The first-order valence-electron chi connectivity index (χ1n) is 11.8. The maximum absolute atomic E-state index is 13.5. The van der Waals surface area contributed by atoms with Crippen LogP contribution in [0.2, 0.25) is 0 Å². The zero-order valence-corrected chi connectivity index (χ0v) is 20.2. The van der Waals surface area contributed by atoms with Crippen LogP contribution in [-0.2, 0) is 22.6 Å². The normalized spacial score (nSPS) is 12.4. The number of hydrogen-bond acceptors (Lipinski definition) is 3. The van der Waals surface area contributed by atoms with E-state index in [0.29, 0.717) is 18.7 Å². The fraction of sp³-hybridized carbons (Fsp3) is 0.310. The molecule has 0 bridgehead atoms. The third-order valence-electron chi connectivity index (χ3n) is 5.85. The van der Waals surface area contributed by atoms with Gasteiger partial charge in [-0.15, -0.1) is 0 Å². The predicted molar refractivity (Wildman–Crippen MR) is 135 cm³/mol. The molecule has 0 aromatic heterocycles. The standard InChI is InChI=1S/C29H34N2O3/c1-4-23(3)30-29(33)27(19-24-11-7-5-8-12-24)31(20-25-13-9-6-10-14-25)28(32)21-34-26-17-15-22(2)16-18-26/h5-18,23,27H,4,19-21H2,1-3H3,(H,30,33)/t23-,27-/m1/s1. The van der Waals surface area contributed by atoms with Gasteiger partial charge in [-0.3, -0.25) is 9.59 Å². The molecule has 0 aliphatic carbocycles. The largest absolute Gasteiger partial charge is 0.484 e. The maximum atomic E-state index is 13.5. The average Bonchev–Trinajstić information content (AvgIpc) is 2.86. The molecule has 3 rings (SSSR count).